The Morgan fingerprint density at radius 2 is 1.65 bits per heavy atom. The molecule has 160 valence electrons. The summed E-state index contributed by atoms with van der Waals surface area (Å²) in [5.74, 6) is 2.26. The molecule has 0 atom stereocenters. The Morgan fingerprint density at radius 1 is 0.871 bits per heavy atom. The summed E-state index contributed by atoms with van der Waals surface area (Å²) in [5.41, 5.74) is 4.02. The Labute approximate surface area is 183 Å². The number of ether oxygens (including phenoxy) is 3. The highest BCUT2D eigenvalue weighted by Crippen LogP contribution is 2.35. The number of rotatable bonds is 8. The number of nitrogens with zero attached hydrogens (tertiary/aromatic N) is 2. The van der Waals surface area contributed by atoms with Crippen LogP contribution in [0.5, 0.6) is 17.2 Å². The van der Waals surface area contributed by atoms with Gasteiger partial charge in [-0.05, 0) is 48.1 Å². The SMILES string of the molecule is CCCOc1cccc2ccc(Cc3cnc(CC)c4cc(OC)c(OC)cc34)nc12. The third-order valence-electron chi connectivity index (χ3n) is 5.47. The molecule has 31 heavy (non-hydrogen) atoms. The third-order valence-corrected chi connectivity index (χ3v) is 5.47. The van der Waals surface area contributed by atoms with Crippen LogP contribution in [0, 0.1) is 0 Å². The summed E-state index contributed by atoms with van der Waals surface area (Å²) in [4.78, 5) is 9.66. The number of hydrogen-bond donors (Lipinski definition) is 0. The smallest absolute Gasteiger partial charge is 0.161 e. The van der Waals surface area contributed by atoms with Crippen LogP contribution in [0.3, 0.4) is 0 Å². The molecule has 4 aromatic rings. The monoisotopic (exact) mass is 416 g/mol. The van der Waals surface area contributed by atoms with Gasteiger partial charge in [0.15, 0.2) is 11.5 Å². The van der Waals surface area contributed by atoms with E-state index < -0.39 is 0 Å². The lowest BCUT2D eigenvalue weighted by Crippen LogP contribution is -2.01. The van der Waals surface area contributed by atoms with Gasteiger partial charge in [-0.3, -0.25) is 4.98 Å². The fourth-order valence-electron chi connectivity index (χ4n) is 3.88. The molecule has 0 saturated carbocycles. The van der Waals surface area contributed by atoms with Crippen LogP contribution in [0.2, 0.25) is 0 Å². The van der Waals surface area contributed by atoms with Crippen LogP contribution in [0.25, 0.3) is 21.7 Å². The molecule has 0 saturated heterocycles. The van der Waals surface area contributed by atoms with Crippen LogP contribution in [0.15, 0.2) is 48.7 Å². The van der Waals surface area contributed by atoms with Crippen molar-refractivity contribution >= 4 is 21.7 Å². The molecule has 0 spiro atoms. The summed E-state index contributed by atoms with van der Waals surface area (Å²) in [7, 11) is 3.32. The highest BCUT2D eigenvalue weighted by Gasteiger charge is 2.14. The van der Waals surface area contributed by atoms with Gasteiger partial charge in [0.25, 0.3) is 0 Å². The van der Waals surface area contributed by atoms with Gasteiger partial charge in [0.1, 0.15) is 11.3 Å². The van der Waals surface area contributed by atoms with Gasteiger partial charge in [0.2, 0.25) is 0 Å². The molecule has 2 aromatic carbocycles. The fraction of sp³-hybridized carbons (Fsp3) is 0.308. The summed E-state index contributed by atoms with van der Waals surface area (Å²) >= 11 is 0. The predicted molar refractivity (Wildman–Crippen MR) is 125 cm³/mol. The highest BCUT2D eigenvalue weighted by atomic mass is 16.5. The van der Waals surface area contributed by atoms with Gasteiger partial charge in [0.05, 0.1) is 20.8 Å². The Bertz CT molecular complexity index is 1220. The standard InChI is InChI=1S/C26H28N2O3/c1-5-12-31-23-9-7-8-17-10-11-19(28-26(17)23)13-18-16-27-22(6-2)21-15-25(30-4)24(29-3)14-20(18)21/h7-11,14-16H,5-6,12-13H2,1-4H3. The van der Waals surface area contributed by atoms with Crippen LogP contribution in [-0.2, 0) is 12.8 Å². The van der Waals surface area contributed by atoms with Crippen molar-refractivity contribution in [3.63, 3.8) is 0 Å². The summed E-state index contributed by atoms with van der Waals surface area (Å²) in [6.07, 6.45) is 4.43. The molecular weight excluding hydrogens is 388 g/mol. The second kappa shape index (κ2) is 9.21. The molecule has 0 aliphatic rings. The molecule has 4 rings (SSSR count). The van der Waals surface area contributed by atoms with Crippen molar-refractivity contribution in [2.24, 2.45) is 0 Å². The minimum atomic E-state index is 0.668. The number of methoxy groups -OCH3 is 2. The first-order valence-electron chi connectivity index (χ1n) is 10.7. The minimum Gasteiger partial charge on any atom is -0.493 e. The molecule has 0 aliphatic heterocycles. The van der Waals surface area contributed by atoms with Gasteiger partial charge in [-0.25, -0.2) is 4.98 Å². The lowest BCUT2D eigenvalue weighted by molar-refractivity contribution is 0.320. The first-order valence-corrected chi connectivity index (χ1v) is 10.7. The van der Waals surface area contributed by atoms with Crippen molar-refractivity contribution in [3.05, 3.63) is 65.6 Å². The van der Waals surface area contributed by atoms with Crippen LogP contribution in [0.1, 0.15) is 37.2 Å². The first-order chi connectivity index (χ1) is 15.2. The molecule has 0 N–H and O–H groups in total. The maximum Gasteiger partial charge on any atom is 0.161 e. The van der Waals surface area contributed by atoms with Crippen molar-refractivity contribution in [1.82, 2.24) is 9.97 Å². The molecule has 0 amide bonds. The third kappa shape index (κ3) is 4.13. The molecule has 0 fully saturated rings. The Kier molecular flexibility index (Phi) is 6.21. The van der Waals surface area contributed by atoms with E-state index in [9.17, 15) is 0 Å². The largest absolute Gasteiger partial charge is 0.493 e. The van der Waals surface area contributed by atoms with E-state index in [0.29, 0.717) is 24.5 Å². The Hall–Kier alpha value is -3.34. The molecule has 0 unspecified atom stereocenters. The van der Waals surface area contributed by atoms with Crippen molar-refractivity contribution in [2.45, 2.75) is 33.1 Å². The summed E-state index contributed by atoms with van der Waals surface area (Å²) in [6, 6.07) is 14.3. The zero-order valence-electron chi connectivity index (χ0n) is 18.6. The number of fused-ring (bicyclic) bond motifs is 2. The van der Waals surface area contributed by atoms with Gasteiger partial charge in [-0.15, -0.1) is 0 Å². The second-order valence-electron chi connectivity index (χ2n) is 7.49. The van der Waals surface area contributed by atoms with E-state index in [1.165, 1.54) is 0 Å². The van der Waals surface area contributed by atoms with Crippen LogP contribution >= 0.6 is 0 Å². The van der Waals surface area contributed by atoms with Crippen LogP contribution < -0.4 is 14.2 Å². The average Bonchev–Trinajstić information content (AvgIpc) is 2.82. The van der Waals surface area contributed by atoms with E-state index in [0.717, 1.165) is 57.2 Å². The van der Waals surface area contributed by atoms with E-state index in [4.69, 9.17) is 24.2 Å². The maximum atomic E-state index is 5.92. The Balaban J connectivity index is 1.80. The topological polar surface area (TPSA) is 53.5 Å². The Morgan fingerprint density at radius 3 is 2.35 bits per heavy atom. The predicted octanol–water partition coefficient (Wildman–Crippen LogP) is 5.74. The normalized spacial score (nSPS) is 11.1. The van der Waals surface area contributed by atoms with Crippen LogP contribution in [-0.4, -0.2) is 30.8 Å². The number of pyridine rings is 2. The van der Waals surface area contributed by atoms with Gasteiger partial charge in [-0.2, -0.15) is 0 Å². The average molecular weight is 417 g/mol. The molecule has 0 radical (unpaired) electrons. The van der Waals surface area contributed by atoms with E-state index in [-0.39, 0.29) is 0 Å². The number of benzene rings is 2. The van der Waals surface area contributed by atoms with E-state index >= 15 is 0 Å². The zero-order chi connectivity index (χ0) is 21.8. The molecule has 5 heteroatoms. The van der Waals surface area contributed by atoms with Crippen molar-refractivity contribution in [3.8, 4) is 17.2 Å². The lowest BCUT2D eigenvalue weighted by atomic mass is 9.99. The summed E-state index contributed by atoms with van der Waals surface area (Å²) in [5, 5.41) is 3.28. The molecular formula is C26H28N2O3. The van der Waals surface area contributed by atoms with Crippen molar-refractivity contribution < 1.29 is 14.2 Å². The van der Waals surface area contributed by atoms with E-state index in [2.05, 4.69) is 32.0 Å². The van der Waals surface area contributed by atoms with E-state index in [1.54, 1.807) is 14.2 Å². The number of para-hydroxylation sites is 1. The molecule has 2 heterocycles. The zero-order valence-corrected chi connectivity index (χ0v) is 18.6. The maximum absolute atomic E-state index is 5.92. The number of aromatic nitrogens is 2. The minimum absolute atomic E-state index is 0.668. The highest BCUT2D eigenvalue weighted by molar-refractivity contribution is 5.91. The molecule has 2 aromatic heterocycles. The summed E-state index contributed by atoms with van der Waals surface area (Å²) < 4.78 is 17.0. The van der Waals surface area contributed by atoms with Gasteiger partial charge in [0, 0.05) is 34.8 Å². The number of aryl methyl sites for hydroxylation is 1. The van der Waals surface area contributed by atoms with E-state index in [1.807, 2.05) is 30.5 Å². The van der Waals surface area contributed by atoms with Gasteiger partial charge < -0.3 is 14.2 Å². The van der Waals surface area contributed by atoms with Crippen LogP contribution in [0.4, 0.5) is 0 Å². The quantitative estimate of drug-likeness (QED) is 0.366. The van der Waals surface area contributed by atoms with Gasteiger partial charge >= 0.3 is 0 Å². The first kappa shape index (κ1) is 20.9. The number of hydrogen-bond acceptors (Lipinski definition) is 5. The molecule has 0 aliphatic carbocycles. The fourth-order valence-corrected chi connectivity index (χ4v) is 3.88. The lowest BCUT2D eigenvalue weighted by Gasteiger charge is -2.14. The molecule has 0 bridgehead atoms. The summed E-state index contributed by atoms with van der Waals surface area (Å²) in [6.45, 7) is 4.89. The van der Waals surface area contributed by atoms with Crippen molar-refractivity contribution in [2.75, 3.05) is 20.8 Å². The van der Waals surface area contributed by atoms with Gasteiger partial charge in [-0.1, -0.05) is 32.0 Å². The van der Waals surface area contributed by atoms with Crippen molar-refractivity contribution in [1.29, 1.82) is 0 Å². The second-order valence-corrected chi connectivity index (χ2v) is 7.49. The molecule has 5 nitrogen and oxygen atoms in total.